The summed E-state index contributed by atoms with van der Waals surface area (Å²) in [5.41, 5.74) is 0.610. The molecule has 0 saturated carbocycles. The van der Waals surface area contributed by atoms with Gasteiger partial charge in [-0.1, -0.05) is 12.1 Å². The highest BCUT2D eigenvalue weighted by Crippen LogP contribution is 2.24. The quantitative estimate of drug-likeness (QED) is 0.797. The number of urea groups is 1. The Morgan fingerprint density at radius 1 is 1.39 bits per heavy atom. The van der Waals surface area contributed by atoms with Crippen molar-refractivity contribution in [2.45, 2.75) is 25.4 Å². The second-order valence-electron chi connectivity index (χ2n) is 5.45. The molecule has 2 amide bonds. The Labute approximate surface area is 139 Å². The van der Waals surface area contributed by atoms with Crippen molar-refractivity contribution in [1.29, 1.82) is 0 Å². The molecule has 2 atom stereocenters. The van der Waals surface area contributed by atoms with E-state index in [1.54, 1.807) is 12.3 Å². The average Bonchev–Trinajstić information content (AvgIpc) is 2.54. The second kappa shape index (κ2) is 9.52. The molecule has 1 saturated heterocycles. The van der Waals surface area contributed by atoms with Crippen molar-refractivity contribution < 1.29 is 18.5 Å². The minimum absolute atomic E-state index is 0.116. The average molecular weight is 340 g/mol. The molecule has 0 bridgehead atoms. The first kappa shape index (κ1) is 17.7. The molecule has 0 aliphatic carbocycles. The molecule has 1 heterocycles. The van der Waals surface area contributed by atoms with E-state index < -0.39 is 10.8 Å². The number of carbonyl (C=O) groups is 1. The predicted molar refractivity (Wildman–Crippen MR) is 91.5 cm³/mol. The van der Waals surface area contributed by atoms with E-state index in [9.17, 15) is 9.00 Å². The van der Waals surface area contributed by atoms with Gasteiger partial charge in [-0.3, -0.25) is 4.21 Å². The minimum Gasteiger partial charge on any atom is -0.489 e. The molecule has 1 fully saturated rings. The Hall–Kier alpha value is -1.60. The van der Waals surface area contributed by atoms with Gasteiger partial charge >= 0.3 is 6.03 Å². The van der Waals surface area contributed by atoms with Gasteiger partial charge in [-0.05, 0) is 31.4 Å². The topological polar surface area (TPSA) is 76.7 Å². The number of para-hydroxylation sites is 2. The monoisotopic (exact) mass is 340 g/mol. The molecule has 23 heavy (non-hydrogen) atoms. The molecule has 6 nitrogen and oxygen atoms in total. The zero-order valence-corrected chi connectivity index (χ0v) is 14.2. The molecule has 1 aromatic rings. The summed E-state index contributed by atoms with van der Waals surface area (Å²) in [6, 6.07) is 6.97. The second-order valence-corrected chi connectivity index (χ2v) is 7.01. The number of rotatable bonds is 7. The van der Waals surface area contributed by atoms with E-state index in [0.717, 1.165) is 25.9 Å². The van der Waals surface area contributed by atoms with Gasteiger partial charge in [0.1, 0.15) is 12.4 Å². The van der Waals surface area contributed by atoms with Crippen molar-refractivity contribution in [3.05, 3.63) is 24.3 Å². The van der Waals surface area contributed by atoms with Gasteiger partial charge in [-0.2, -0.15) is 0 Å². The lowest BCUT2D eigenvalue weighted by molar-refractivity contribution is -0.0109. The van der Waals surface area contributed by atoms with Crippen molar-refractivity contribution >= 4 is 22.5 Å². The normalized spacial score (nSPS) is 18.9. The third-order valence-electron chi connectivity index (χ3n) is 3.51. The van der Waals surface area contributed by atoms with Gasteiger partial charge in [-0.15, -0.1) is 0 Å². The van der Waals surface area contributed by atoms with Crippen LogP contribution in [0, 0.1) is 0 Å². The maximum Gasteiger partial charge on any atom is 0.319 e. The number of anilines is 1. The number of nitrogens with one attached hydrogen (secondary N) is 2. The van der Waals surface area contributed by atoms with E-state index in [-0.39, 0.29) is 12.1 Å². The van der Waals surface area contributed by atoms with Crippen LogP contribution in [0.1, 0.15) is 19.3 Å². The highest BCUT2D eigenvalue weighted by Gasteiger charge is 2.15. The molecule has 1 aliphatic heterocycles. The maximum atomic E-state index is 11.9. The summed E-state index contributed by atoms with van der Waals surface area (Å²) in [6.07, 6.45) is 5.00. The number of carbonyl (C=O) groups excluding carboxylic acids is 1. The van der Waals surface area contributed by atoms with Crippen LogP contribution in [0.25, 0.3) is 0 Å². The van der Waals surface area contributed by atoms with Gasteiger partial charge in [0, 0.05) is 36.0 Å². The lowest BCUT2D eigenvalue weighted by Crippen LogP contribution is -2.32. The highest BCUT2D eigenvalue weighted by molar-refractivity contribution is 7.84. The summed E-state index contributed by atoms with van der Waals surface area (Å²) in [6.45, 7) is 1.64. The van der Waals surface area contributed by atoms with Crippen LogP contribution in [0.4, 0.5) is 10.5 Å². The highest BCUT2D eigenvalue weighted by atomic mass is 32.2. The smallest absolute Gasteiger partial charge is 0.319 e. The Morgan fingerprint density at radius 2 is 2.22 bits per heavy atom. The van der Waals surface area contributed by atoms with E-state index in [1.807, 2.05) is 18.2 Å². The van der Waals surface area contributed by atoms with Crippen LogP contribution >= 0.6 is 0 Å². The summed E-state index contributed by atoms with van der Waals surface area (Å²) < 4.78 is 22.4. The van der Waals surface area contributed by atoms with Gasteiger partial charge in [0.2, 0.25) is 0 Å². The SMILES string of the molecule is C[S@](=O)CCNC(=O)Nc1ccccc1OC[C@H]1CCCCO1. The van der Waals surface area contributed by atoms with Gasteiger partial charge in [0.05, 0.1) is 11.8 Å². The number of hydrogen-bond acceptors (Lipinski definition) is 4. The fourth-order valence-electron chi connectivity index (χ4n) is 2.29. The molecule has 128 valence electrons. The van der Waals surface area contributed by atoms with Crippen LogP contribution in [0.15, 0.2) is 24.3 Å². The molecule has 0 unspecified atom stereocenters. The van der Waals surface area contributed by atoms with Crippen LogP contribution in [0.3, 0.4) is 0 Å². The molecule has 0 radical (unpaired) electrons. The van der Waals surface area contributed by atoms with Crippen molar-refractivity contribution in [1.82, 2.24) is 5.32 Å². The zero-order valence-electron chi connectivity index (χ0n) is 13.4. The van der Waals surface area contributed by atoms with Gasteiger partial charge in [0.25, 0.3) is 0 Å². The van der Waals surface area contributed by atoms with Crippen molar-refractivity contribution in [3.63, 3.8) is 0 Å². The van der Waals surface area contributed by atoms with Gasteiger partial charge < -0.3 is 20.1 Å². The zero-order chi connectivity index (χ0) is 16.5. The van der Waals surface area contributed by atoms with Crippen LogP contribution in [0.2, 0.25) is 0 Å². The number of amides is 2. The first-order valence-corrected chi connectivity index (χ1v) is 9.56. The van der Waals surface area contributed by atoms with Crippen LogP contribution in [-0.2, 0) is 15.5 Å². The van der Waals surface area contributed by atoms with Crippen LogP contribution in [-0.4, -0.2) is 48.1 Å². The Balaban J connectivity index is 1.83. The first-order valence-electron chi connectivity index (χ1n) is 7.83. The van der Waals surface area contributed by atoms with E-state index in [2.05, 4.69) is 10.6 Å². The third-order valence-corrected chi connectivity index (χ3v) is 4.29. The van der Waals surface area contributed by atoms with E-state index in [1.165, 1.54) is 0 Å². The molecule has 1 aromatic carbocycles. The molecule has 2 rings (SSSR count). The lowest BCUT2D eigenvalue weighted by Gasteiger charge is -2.23. The van der Waals surface area contributed by atoms with Crippen molar-refractivity contribution in [3.8, 4) is 5.75 Å². The van der Waals surface area contributed by atoms with Crippen LogP contribution < -0.4 is 15.4 Å². The lowest BCUT2D eigenvalue weighted by atomic mass is 10.1. The Morgan fingerprint density at radius 3 is 2.96 bits per heavy atom. The molecule has 0 spiro atoms. The molecule has 2 N–H and O–H groups in total. The minimum atomic E-state index is -0.920. The fourth-order valence-corrected chi connectivity index (χ4v) is 2.68. The molecular formula is C16H24N2O4S. The first-order chi connectivity index (χ1) is 11.1. The summed E-state index contributed by atoms with van der Waals surface area (Å²) in [5, 5.41) is 5.43. The predicted octanol–water partition coefficient (Wildman–Crippen LogP) is 2.13. The summed E-state index contributed by atoms with van der Waals surface area (Å²) in [5.74, 6) is 1.06. The molecule has 1 aliphatic rings. The largest absolute Gasteiger partial charge is 0.489 e. The van der Waals surface area contributed by atoms with Gasteiger partial charge in [0.15, 0.2) is 0 Å². The Bertz CT molecular complexity index is 533. The van der Waals surface area contributed by atoms with Crippen molar-refractivity contribution in [2.24, 2.45) is 0 Å². The maximum absolute atomic E-state index is 11.9. The van der Waals surface area contributed by atoms with Gasteiger partial charge in [-0.25, -0.2) is 4.79 Å². The number of hydrogen-bond donors (Lipinski definition) is 2. The van der Waals surface area contributed by atoms with E-state index in [4.69, 9.17) is 9.47 Å². The molecule has 0 aromatic heterocycles. The summed E-state index contributed by atoms with van der Waals surface area (Å²) >= 11 is 0. The summed E-state index contributed by atoms with van der Waals surface area (Å²) in [4.78, 5) is 11.9. The van der Waals surface area contributed by atoms with Crippen LogP contribution in [0.5, 0.6) is 5.75 Å². The third kappa shape index (κ3) is 6.58. The van der Waals surface area contributed by atoms with E-state index in [0.29, 0.717) is 30.3 Å². The standard InChI is InChI=1S/C16H24N2O4S/c1-23(20)11-9-17-16(19)18-14-7-2-3-8-15(14)22-12-13-6-4-5-10-21-13/h2-3,7-8,13H,4-6,9-12H2,1H3,(H2,17,18,19)/t13-,23+/m1/s1. The van der Waals surface area contributed by atoms with Crippen molar-refractivity contribution in [2.75, 3.05) is 37.1 Å². The number of ether oxygens (including phenoxy) is 2. The fraction of sp³-hybridized carbons (Fsp3) is 0.562. The number of benzene rings is 1. The molecule has 7 heteroatoms. The molecular weight excluding hydrogens is 316 g/mol. The summed E-state index contributed by atoms with van der Waals surface area (Å²) in [7, 11) is -0.920. The Kier molecular flexibility index (Phi) is 7.35. The van der Waals surface area contributed by atoms with E-state index >= 15 is 0 Å².